The van der Waals surface area contributed by atoms with E-state index in [1.165, 1.54) is 102 Å². The van der Waals surface area contributed by atoms with Crippen molar-refractivity contribution >= 4 is 7.82 Å². The molecule has 7 nitrogen and oxygen atoms in total. The maximum absolute atomic E-state index is 13.2. The number of aromatic hydroxyl groups is 2. The molecule has 8 heteroatoms. The van der Waals surface area contributed by atoms with Crippen molar-refractivity contribution in [2.75, 3.05) is 40.9 Å². The van der Waals surface area contributed by atoms with Crippen molar-refractivity contribution in [3.05, 3.63) is 18.2 Å². The SMILES string of the molecule is CCCCCCCCCCCCCCCCCCOP(=O)(OCC[N+](C)(C)C)Oc1cc(O)ccc1O. The zero-order chi connectivity index (χ0) is 27.4. The summed E-state index contributed by atoms with van der Waals surface area (Å²) in [6, 6.07) is 3.79. The Morgan fingerprint density at radius 1 is 0.703 bits per heavy atom. The summed E-state index contributed by atoms with van der Waals surface area (Å²) in [4.78, 5) is 0. The Kier molecular flexibility index (Phi) is 18.0. The number of quaternary nitrogens is 1. The Morgan fingerprint density at radius 2 is 1.16 bits per heavy atom. The molecule has 0 spiro atoms. The van der Waals surface area contributed by atoms with Gasteiger partial charge in [0.05, 0.1) is 27.7 Å². The van der Waals surface area contributed by atoms with E-state index in [0.29, 0.717) is 11.0 Å². The first-order valence-electron chi connectivity index (χ1n) is 14.6. The van der Waals surface area contributed by atoms with E-state index in [1.54, 1.807) is 0 Å². The van der Waals surface area contributed by atoms with Crippen molar-refractivity contribution in [3.8, 4) is 17.2 Å². The molecule has 0 heterocycles. The molecule has 0 saturated heterocycles. The summed E-state index contributed by atoms with van der Waals surface area (Å²) >= 11 is 0. The van der Waals surface area contributed by atoms with Crippen LogP contribution in [0, 0.1) is 0 Å². The van der Waals surface area contributed by atoms with Crippen LogP contribution in [0.3, 0.4) is 0 Å². The fourth-order valence-corrected chi connectivity index (χ4v) is 5.26. The van der Waals surface area contributed by atoms with E-state index >= 15 is 0 Å². The first kappa shape index (κ1) is 33.8. The van der Waals surface area contributed by atoms with Gasteiger partial charge in [0, 0.05) is 6.07 Å². The molecule has 0 bridgehead atoms. The molecule has 0 aliphatic heterocycles. The molecule has 1 aromatic rings. The molecule has 0 radical (unpaired) electrons. The van der Waals surface area contributed by atoms with Gasteiger partial charge in [0.15, 0.2) is 11.5 Å². The van der Waals surface area contributed by atoms with Gasteiger partial charge in [-0.3, -0.25) is 9.05 Å². The van der Waals surface area contributed by atoms with E-state index in [1.807, 2.05) is 21.1 Å². The normalized spacial score (nSPS) is 13.5. The van der Waals surface area contributed by atoms with Crippen molar-refractivity contribution in [2.45, 2.75) is 110 Å². The lowest BCUT2D eigenvalue weighted by molar-refractivity contribution is -0.870. The zero-order valence-electron chi connectivity index (χ0n) is 24.1. The molecule has 1 unspecified atom stereocenters. The molecule has 0 aliphatic rings. The Hall–Kier alpha value is -1.27. The quantitative estimate of drug-likeness (QED) is 0.0587. The Balaban J connectivity index is 2.19. The maximum Gasteiger partial charge on any atom is 0.530 e. The smallest absolute Gasteiger partial charge is 0.508 e. The molecule has 1 rings (SSSR count). The minimum atomic E-state index is -3.95. The number of phosphoric acid groups is 1. The molecule has 1 atom stereocenters. The second kappa shape index (κ2) is 19.7. The first-order valence-corrected chi connectivity index (χ1v) is 16.0. The number of hydrogen-bond donors (Lipinski definition) is 2. The molecule has 0 amide bonds. The first-order chi connectivity index (χ1) is 17.7. The number of phenolic OH excluding ortho intramolecular Hbond substituents is 2. The van der Waals surface area contributed by atoms with Gasteiger partial charge in [0.25, 0.3) is 0 Å². The minimum absolute atomic E-state index is 0.108. The van der Waals surface area contributed by atoms with Crippen LogP contribution in [0.15, 0.2) is 18.2 Å². The molecule has 0 saturated carbocycles. The van der Waals surface area contributed by atoms with Crippen LogP contribution in [0.25, 0.3) is 0 Å². The van der Waals surface area contributed by atoms with Crippen LogP contribution < -0.4 is 4.52 Å². The van der Waals surface area contributed by atoms with E-state index in [-0.39, 0.29) is 30.5 Å². The number of rotatable bonds is 24. The highest BCUT2D eigenvalue weighted by molar-refractivity contribution is 7.48. The summed E-state index contributed by atoms with van der Waals surface area (Å²) < 4.78 is 30.4. The summed E-state index contributed by atoms with van der Waals surface area (Å²) in [6.07, 6.45) is 20.5. The van der Waals surface area contributed by atoms with Gasteiger partial charge < -0.3 is 19.2 Å². The maximum atomic E-state index is 13.2. The van der Waals surface area contributed by atoms with Gasteiger partial charge in [-0.25, -0.2) is 4.57 Å². The molecule has 2 N–H and O–H groups in total. The molecule has 216 valence electrons. The fraction of sp³-hybridized carbons (Fsp3) is 0.793. The predicted molar refractivity (Wildman–Crippen MR) is 152 cm³/mol. The molecule has 0 aromatic heterocycles. The molecule has 0 fully saturated rings. The van der Waals surface area contributed by atoms with Crippen molar-refractivity contribution in [1.29, 1.82) is 0 Å². The average molecular weight is 545 g/mol. The number of unbranched alkanes of at least 4 members (excludes halogenated alkanes) is 15. The van der Waals surface area contributed by atoms with Gasteiger partial charge in [0.2, 0.25) is 0 Å². The van der Waals surface area contributed by atoms with Crippen LogP contribution in [0.4, 0.5) is 0 Å². The topological polar surface area (TPSA) is 85.2 Å². The summed E-state index contributed by atoms with van der Waals surface area (Å²) in [5, 5.41) is 19.7. The molecule has 37 heavy (non-hydrogen) atoms. The second-order valence-electron chi connectivity index (χ2n) is 11.2. The largest absolute Gasteiger partial charge is 0.530 e. The lowest BCUT2D eigenvalue weighted by Gasteiger charge is -2.25. The number of phenols is 2. The number of phosphoric ester groups is 1. The Morgan fingerprint density at radius 3 is 1.65 bits per heavy atom. The Bertz CT molecular complexity index is 752. The monoisotopic (exact) mass is 544 g/mol. The highest BCUT2D eigenvalue weighted by atomic mass is 31.2. The lowest BCUT2D eigenvalue weighted by Crippen LogP contribution is -2.37. The zero-order valence-corrected chi connectivity index (χ0v) is 25.0. The number of hydrogen-bond acceptors (Lipinski definition) is 6. The van der Waals surface area contributed by atoms with Gasteiger partial charge in [-0.05, 0) is 18.6 Å². The van der Waals surface area contributed by atoms with Gasteiger partial charge >= 0.3 is 7.82 Å². The fourth-order valence-electron chi connectivity index (χ4n) is 4.04. The lowest BCUT2D eigenvalue weighted by atomic mass is 10.0. The second-order valence-corrected chi connectivity index (χ2v) is 12.8. The van der Waals surface area contributed by atoms with Crippen LogP contribution in [-0.4, -0.2) is 55.6 Å². The van der Waals surface area contributed by atoms with Crippen LogP contribution in [0.2, 0.25) is 0 Å². The van der Waals surface area contributed by atoms with Crippen LogP contribution in [0.5, 0.6) is 17.2 Å². The van der Waals surface area contributed by atoms with E-state index < -0.39 is 7.82 Å². The number of benzene rings is 1. The molecule has 0 aliphatic carbocycles. The van der Waals surface area contributed by atoms with Crippen molar-refractivity contribution in [2.24, 2.45) is 0 Å². The van der Waals surface area contributed by atoms with Crippen LogP contribution in [-0.2, 0) is 13.6 Å². The predicted octanol–water partition coefficient (Wildman–Crippen LogP) is 8.59. The minimum Gasteiger partial charge on any atom is -0.508 e. The van der Waals surface area contributed by atoms with Crippen LogP contribution >= 0.6 is 7.82 Å². The van der Waals surface area contributed by atoms with Crippen molar-refractivity contribution < 1.29 is 32.8 Å². The van der Waals surface area contributed by atoms with Crippen molar-refractivity contribution in [3.63, 3.8) is 0 Å². The molecular weight excluding hydrogens is 489 g/mol. The highest BCUT2D eigenvalue weighted by Gasteiger charge is 2.30. The number of likely N-dealkylation sites (N-methyl/N-ethyl adjacent to an activating group) is 1. The summed E-state index contributed by atoms with van der Waals surface area (Å²) in [6.45, 7) is 3.31. The highest BCUT2D eigenvalue weighted by Crippen LogP contribution is 2.52. The summed E-state index contributed by atoms with van der Waals surface area (Å²) in [7, 11) is 2.08. The van der Waals surface area contributed by atoms with E-state index in [0.717, 1.165) is 19.3 Å². The van der Waals surface area contributed by atoms with Gasteiger partial charge in [-0.2, -0.15) is 0 Å². The van der Waals surface area contributed by atoms with E-state index in [4.69, 9.17) is 13.6 Å². The van der Waals surface area contributed by atoms with Crippen LogP contribution in [0.1, 0.15) is 110 Å². The van der Waals surface area contributed by atoms with Crippen molar-refractivity contribution in [1.82, 2.24) is 0 Å². The standard InChI is InChI=1S/C29H54NO6P/c1-5-6-7-8-9-10-11-12-13-14-15-16-17-18-19-20-24-34-37(33,35-25-23-30(2,3)4)36-29-26-27(31)21-22-28(29)32/h21-22,26H,5-20,23-25H2,1-4H3,(H-,31,32)/p+1. The molecule has 1 aromatic carbocycles. The van der Waals surface area contributed by atoms with E-state index in [9.17, 15) is 14.8 Å². The summed E-state index contributed by atoms with van der Waals surface area (Å²) in [5.74, 6) is -0.469. The third-order valence-electron chi connectivity index (χ3n) is 6.41. The van der Waals surface area contributed by atoms with Gasteiger partial charge in [-0.1, -0.05) is 103 Å². The average Bonchev–Trinajstić information content (AvgIpc) is 2.82. The molecular formula is C29H55NO6P+. The van der Waals surface area contributed by atoms with Gasteiger partial charge in [0.1, 0.15) is 18.9 Å². The summed E-state index contributed by atoms with van der Waals surface area (Å²) in [5.41, 5.74) is 0. The van der Waals surface area contributed by atoms with Gasteiger partial charge in [-0.15, -0.1) is 0 Å². The Labute approximate surface area is 226 Å². The third-order valence-corrected chi connectivity index (χ3v) is 7.83. The van der Waals surface area contributed by atoms with E-state index in [2.05, 4.69) is 6.92 Å². The third kappa shape index (κ3) is 18.6. The number of nitrogens with zero attached hydrogens (tertiary/aromatic N) is 1.